The van der Waals surface area contributed by atoms with E-state index in [2.05, 4.69) is 26.2 Å². The molecule has 0 unspecified atom stereocenters. The van der Waals surface area contributed by atoms with Crippen LogP contribution in [0.3, 0.4) is 0 Å². The van der Waals surface area contributed by atoms with Crippen molar-refractivity contribution in [1.82, 2.24) is 0 Å². The summed E-state index contributed by atoms with van der Waals surface area (Å²) in [7, 11) is -1.29. The van der Waals surface area contributed by atoms with E-state index in [0.29, 0.717) is 5.57 Å². The van der Waals surface area contributed by atoms with Crippen molar-refractivity contribution in [3.05, 3.63) is 12.2 Å². The molecule has 0 aromatic carbocycles. The molecule has 0 aromatic rings. The zero-order chi connectivity index (χ0) is 14.5. The van der Waals surface area contributed by atoms with Crippen LogP contribution in [-0.4, -0.2) is 19.6 Å². The molecule has 4 aliphatic rings. The summed E-state index contributed by atoms with van der Waals surface area (Å²) in [5.74, 6) is 2.35. The number of ether oxygens (including phenoxy) is 1. The summed E-state index contributed by atoms with van der Waals surface area (Å²) < 4.78 is 6.04. The molecule has 0 amide bonds. The van der Waals surface area contributed by atoms with Gasteiger partial charge in [0.2, 0.25) is 0 Å². The van der Waals surface area contributed by atoms with Gasteiger partial charge in [0.25, 0.3) is 0 Å². The standard InChI is InChI=1S/C17H28O2Si/c1-12(11-20(2,3)4)16(18)19-17-8-13-5-14(9-17)7-15(6-13)10-17/h13-15H,1,5-11H2,2-4H3. The van der Waals surface area contributed by atoms with Gasteiger partial charge in [0.15, 0.2) is 0 Å². The number of carbonyl (C=O) groups excluding carboxylic acids is 1. The van der Waals surface area contributed by atoms with Crippen LogP contribution in [0, 0.1) is 17.8 Å². The minimum absolute atomic E-state index is 0.102. The van der Waals surface area contributed by atoms with Gasteiger partial charge < -0.3 is 4.74 Å². The van der Waals surface area contributed by atoms with Crippen molar-refractivity contribution in [1.29, 1.82) is 0 Å². The molecule has 112 valence electrons. The van der Waals surface area contributed by atoms with Crippen LogP contribution in [0.15, 0.2) is 12.2 Å². The van der Waals surface area contributed by atoms with Gasteiger partial charge >= 0.3 is 5.97 Å². The van der Waals surface area contributed by atoms with Gasteiger partial charge in [-0.05, 0) is 62.3 Å². The molecule has 0 aliphatic heterocycles. The second kappa shape index (κ2) is 4.72. The highest BCUT2D eigenvalue weighted by Crippen LogP contribution is 2.57. The van der Waals surface area contributed by atoms with Crippen LogP contribution in [0.2, 0.25) is 25.7 Å². The van der Waals surface area contributed by atoms with Gasteiger partial charge in [-0.3, -0.25) is 0 Å². The molecule has 0 heterocycles. The molecule has 3 heteroatoms. The first-order chi connectivity index (χ1) is 9.25. The largest absolute Gasteiger partial charge is 0.456 e. The zero-order valence-corrected chi connectivity index (χ0v) is 14.2. The Labute approximate surface area is 124 Å². The average molecular weight is 292 g/mol. The van der Waals surface area contributed by atoms with Crippen molar-refractivity contribution in [3.63, 3.8) is 0 Å². The quantitative estimate of drug-likeness (QED) is 0.436. The van der Waals surface area contributed by atoms with Crippen LogP contribution in [0.1, 0.15) is 38.5 Å². The van der Waals surface area contributed by atoms with Crippen LogP contribution in [0.5, 0.6) is 0 Å². The summed E-state index contributed by atoms with van der Waals surface area (Å²) in [5, 5.41) is 0. The van der Waals surface area contributed by atoms with Crippen molar-refractivity contribution in [2.24, 2.45) is 17.8 Å². The lowest BCUT2D eigenvalue weighted by molar-refractivity contribution is -0.182. The highest BCUT2D eigenvalue weighted by Gasteiger charge is 2.53. The molecule has 0 spiro atoms. The van der Waals surface area contributed by atoms with E-state index in [1.165, 1.54) is 19.3 Å². The Balaban J connectivity index is 1.65. The molecule has 4 saturated carbocycles. The van der Waals surface area contributed by atoms with Gasteiger partial charge in [0.05, 0.1) is 0 Å². The number of rotatable bonds is 4. The molecule has 0 aromatic heterocycles. The maximum atomic E-state index is 12.4. The first-order valence-corrected chi connectivity index (χ1v) is 11.9. The second-order valence-corrected chi connectivity index (χ2v) is 14.3. The van der Waals surface area contributed by atoms with Crippen LogP contribution < -0.4 is 0 Å². The van der Waals surface area contributed by atoms with Gasteiger partial charge in [0.1, 0.15) is 5.60 Å². The maximum absolute atomic E-state index is 12.4. The average Bonchev–Trinajstić information content (AvgIpc) is 2.23. The van der Waals surface area contributed by atoms with E-state index in [-0.39, 0.29) is 11.6 Å². The molecule has 0 N–H and O–H groups in total. The van der Waals surface area contributed by atoms with E-state index in [1.807, 2.05) is 0 Å². The SMILES string of the molecule is C=C(C[Si](C)(C)C)C(=O)OC12CC3CC(CC(C3)C1)C2. The Kier molecular flexibility index (Phi) is 3.39. The molecule has 0 atom stereocenters. The van der Waals surface area contributed by atoms with E-state index >= 15 is 0 Å². The summed E-state index contributed by atoms with van der Waals surface area (Å²) in [4.78, 5) is 12.4. The summed E-state index contributed by atoms with van der Waals surface area (Å²) >= 11 is 0. The van der Waals surface area contributed by atoms with Crippen molar-refractivity contribution in [3.8, 4) is 0 Å². The normalized spacial score (nSPS) is 38.9. The molecule has 4 fully saturated rings. The van der Waals surface area contributed by atoms with Gasteiger partial charge in [-0.15, -0.1) is 0 Å². The summed E-state index contributed by atoms with van der Waals surface area (Å²) in [5.41, 5.74) is 0.591. The van der Waals surface area contributed by atoms with E-state index in [0.717, 1.165) is 43.1 Å². The topological polar surface area (TPSA) is 26.3 Å². The van der Waals surface area contributed by atoms with Gasteiger partial charge in [0, 0.05) is 13.6 Å². The third-order valence-electron chi connectivity index (χ3n) is 5.32. The number of hydrogen-bond acceptors (Lipinski definition) is 2. The first-order valence-electron chi connectivity index (χ1n) is 8.16. The predicted molar refractivity (Wildman–Crippen MR) is 84.3 cm³/mol. The fraction of sp³-hybridized carbons (Fsp3) is 0.824. The number of esters is 1. The third-order valence-corrected chi connectivity index (χ3v) is 6.81. The van der Waals surface area contributed by atoms with Gasteiger partial charge in [-0.1, -0.05) is 26.2 Å². The Hall–Kier alpha value is -0.573. The lowest BCUT2D eigenvalue weighted by Crippen LogP contribution is -2.52. The van der Waals surface area contributed by atoms with E-state index in [9.17, 15) is 4.79 Å². The summed E-state index contributed by atoms with van der Waals surface area (Å²) in [6, 6.07) is 0.859. The Bertz CT molecular complexity index is 397. The highest BCUT2D eigenvalue weighted by molar-refractivity contribution is 6.77. The lowest BCUT2D eigenvalue weighted by Gasteiger charge is -2.55. The maximum Gasteiger partial charge on any atom is 0.333 e. The third kappa shape index (κ3) is 2.88. The van der Waals surface area contributed by atoms with Crippen molar-refractivity contribution in [2.45, 2.75) is 69.8 Å². The van der Waals surface area contributed by atoms with Crippen molar-refractivity contribution >= 4 is 14.0 Å². The summed E-state index contributed by atoms with van der Waals surface area (Å²) in [6.07, 6.45) is 7.49. The molecule has 4 bridgehead atoms. The molecular weight excluding hydrogens is 264 g/mol. The fourth-order valence-electron chi connectivity index (χ4n) is 5.14. The predicted octanol–water partition coefficient (Wildman–Crippen LogP) is 4.39. The Morgan fingerprint density at radius 3 is 1.95 bits per heavy atom. The fourth-order valence-corrected chi connectivity index (χ4v) is 6.56. The van der Waals surface area contributed by atoms with E-state index in [1.54, 1.807) is 0 Å². The minimum atomic E-state index is -1.29. The van der Waals surface area contributed by atoms with E-state index < -0.39 is 8.07 Å². The van der Waals surface area contributed by atoms with Crippen molar-refractivity contribution in [2.75, 3.05) is 0 Å². The molecule has 0 saturated heterocycles. The number of carbonyl (C=O) groups is 1. The monoisotopic (exact) mass is 292 g/mol. The molecule has 20 heavy (non-hydrogen) atoms. The smallest absolute Gasteiger partial charge is 0.333 e. The Morgan fingerprint density at radius 1 is 1.10 bits per heavy atom. The summed E-state index contributed by atoms with van der Waals surface area (Å²) in [6.45, 7) is 10.8. The lowest BCUT2D eigenvalue weighted by atomic mass is 9.54. The van der Waals surface area contributed by atoms with Gasteiger partial charge in [-0.25, -0.2) is 4.79 Å². The molecule has 0 radical (unpaired) electrons. The molecule has 2 nitrogen and oxygen atoms in total. The van der Waals surface area contributed by atoms with E-state index in [4.69, 9.17) is 4.74 Å². The van der Waals surface area contributed by atoms with Gasteiger partial charge in [-0.2, -0.15) is 0 Å². The molecule has 4 rings (SSSR count). The first kappa shape index (κ1) is 14.4. The van der Waals surface area contributed by atoms with Crippen LogP contribution in [-0.2, 0) is 9.53 Å². The van der Waals surface area contributed by atoms with Crippen LogP contribution >= 0.6 is 0 Å². The highest BCUT2D eigenvalue weighted by atomic mass is 28.3. The number of hydrogen-bond donors (Lipinski definition) is 0. The zero-order valence-electron chi connectivity index (χ0n) is 13.2. The van der Waals surface area contributed by atoms with Crippen LogP contribution in [0.25, 0.3) is 0 Å². The minimum Gasteiger partial charge on any atom is -0.456 e. The van der Waals surface area contributed by atoms with Crippen LogP contribution in [0.4, 0.5) is 0 Å². The Morgan fingerprint density at radius 2 is 1.55 bits per heavy atom. The molecule has 4 aliphatic carbocycles. The van der Waals surface area contributed by atoms with Crippen molar-refractivity contribution < 1.29 is 9.53 Å². The second-order valence-electron chi connectivity index (χ2n) is 8.83. The molecular formula is C17H28O2Si.